The van der Waals surface area contributed by atoms with E-state index in [0.717, 1.165) is 0 Å². The number of nitrogens with one attached hydrogen (secondary N) is 3. The fourth-order valence-electron chi connectivity index (χ4n) is 0.844. The highest BCUT2D eigenvalue weighted by atomic mass is 16.2. The first-order valence-corrected chi connectivity index (χ1v) is 4.18. The van der Waals surface area contributed by atoms with Crippen molar-refractivity contribution in [1.82, 2.24) is 20.6 Å². The predicted molar refractivity (Wildman–Crippen MR) is 49.1 cm³/mol. The van der Waals surface area contributed by atoms with Crippen LogP contribution in [-0.4, -0.2) is 28.3 Å². The number of imidazole rings is 1. The molecule has 0 aliphatic carbocycles. The number of carbonyl (C=O) groups excluding carboxylic acids is 2. The van der Waals surface area contributed by atoms with Crippen LogP contribution in [0.25, 0.3) is 0 Å². The maximum Gasteiger partial charge on any atom is 0.239 e. The van der Waals surface area contributed by atoms with Gasteiger partial charge in [0.2, 0.25) is 11.8 Å². The van der Waals surface area contributed by atoms with Gasteiger partial charge in [-0.3, -0.25) is 9.59 Å². The highest BCUT2D eigenvalue weighted by molar-refractivity contribution is 5.83. The number of carbonyl (C=O) groups is 2. The lowest BCUT2D eigenvalue weighted by molar-refractivity contribution is -0.125. The average molecular weight is 196 g/mol. The predicted octanol–water partition coefficient (Wildman–Crippen LogP) is -0.838. The van der Waals surface area contributed by atoms with Crippen molar-refractivity contribution in [3.63, 3.8) is 0 Å². The Morgan fingerprint density at radius 3 is 2.86 bits per heavy atom. The number of aromatic amines is 1. The Bertz CT molecular complexity index is 307. The summed E-state index contributed by atoms with van der Waals surface area (Å²) in [7, 11) is 0. The molecule has 0 atom stereocenters. The lowest BCUT2D eigenvalue weighted by Gasteiger charge is -2.03. The van der Waals surface area contributed by atoms with Crippen molar-refractivity contribution in [3.8, 4) is 0 Å². The number of H-pyrrole nitrogens is 1. The van der Waals surface area contributed by atoms with Crippen LogP contribution in [0.3, 0.4) is 0 Å². The van der Waals surface area contributed by atoms with Gasteiger partial charge >= 0.3 is 0 Å². The molecule has 0 aromatic carbocycles. The number of amides is 2. The fourth-order valence-corrected chi connectivity index (χ4v) is 0.844. The van der Waals surface area contributed by atoms with Gasteiger partial charge in [-0.05, 0) is 0 Å². The SMILES string of the molecule is CC(=O)NCC(=O)NCc1ncc[nH]1. The van der Waals surface area contributed by atoms with Gasteiger partial charge in [0.15, 0.2) is 0 Å². The van der Waals surface area contributed by atoms with Crippen LogP contribution in [-0.2, 0) is 16.1 Å². The third kappa shape index (κ3) is 3.70. The first-order valence-electron chi connectivity index (χ1n) is 4.18. The zero-order chi connectivity index (χ0) is 10.4. The molecule has 0 spiro atoms. The molecule has 0 aliphatic heterocycles. The molecule has 0 fully saturated rings. The molecule has 1 rings (SSSR count). The van der Waals surface area contributed by atoms with Gasteiger partial charge in [0.05, 0.1) is 13.1 Å². The molecule has 1 heterocycles. The van der Waals surface area contributed by atoms with Crippen LogP contribution >= 0.6 is 0 Å². The Labute approximate surface area is 81.1 Å². The Balaban J connectivity index is 2.18. The van der Waals surface area contributed by atoms with E-state index in [1.807, 2.05) is 0 Å². The zero-order valence-electron chi connectivity index (χ0n) is 7.83. The van der Waals surface area contributed by atoms with E-state index in [-0.39, 0.29) is 18.4 Å². The Hall–Kier alpha value is -1.85. The normalized spacial score (nSPS) is 9.50. The summed E-state index contributed by atoms with van der Waals surface area (Å²) in [5, 5.41) is 4.99. The monoisotopic (exact) mass is 196 g/mol. The average Bonchev–Trinajstić information content (AvgIpc) is 2.63. The molecular formula is C8H12N4O2. The largest absolute Gasteiger partial charge is 0.347 e. The second-order valence-electron chi connectivity index (χ2n) is 2.72. The van der Waals surface area contributed by atoms with Crippen molar-refractivity contribution >= 4 is 11.8 Å². The molecule has 0 saturated carbocycles. The molecule has 0 radical (unpaired) electrons. The van der Waals surface area contributed by atoms with Crippen molar-refractivity contribution in [1.29, 1.82) is 0 Å². The first-order chi connectivity index (χ1) is 6.68. The Kier molecular flexibility index (Phi) is 3.66. The van der Waals surface area contributed by atoms with E-state index in [4.69, 9.17) is 0 Å². The quantitative estimate of drug-likeness (QED) is 0.587. The minimum atomic E-state index is -0.239. The molecule has 1 aromatic heterocycles. The number of hydrogen-bond acceptors (Lipinski definition) is 3. The van der Waals surface area contributed by atoms with Crippen LogP contribution in [0, 0.1) is 0 Å². The van der Waals surface area contributed by atoms with Crippen LogP contribution in [0.15, 0.2) is 12.4 Å². The maximum atomic E-state index is 11.1. The van der Waals surface area contributed by atoms with E-state index in [1.54, 1.807) is 12.4 Å². The first kappa shape index (κ1) is 10.2. The molecule has 76 valence electrons. The number of rotatable bonds is 4. The van der Waals surface area contributed by atoms with E-state index in [2.05, 4.69) is 20.6 Å². The van der Waals surface area contributed by atoms with Gasteiger partial charge in [0.25, 0.3) is 0 Å². The number of hydrogen-bond donors (Lipinski definition) is 3. The molecule has 0 saturated heterocycles. The van der Waals surface area contributed by atoms with Gasteiger partial charge in [-0.1, -0.05) is 0 Å². The third-order valence-corrected chi connectivity index (χ3v) is 1.51. The van der Waals surface area contributed by atoms with Crippen molar-refractivity contribution in [3.05, 3.63) is 18.2 Å². The molecule has 0 bridgehead atoms. The molecule has 6 heteroatoms. The van der Waals surface area contributed by atoms with Gasteiger partial charge in [-0.15, -0.1) is 0 Å². The topological polar surface area (TPSA) is 86.9 Å². The second-order valence-corrected chi connectivity index (χ2v) is 2.72. The molecule has 14 heavy (non-hydrogen) atoms. The van der Waals surface area contributed by atoms with Gasteiger partial charge < -0.3 is 15.6 Å². The Morgan fingerprint density at radius 2 is 2.29 bits per heavy atom. The second kappa shape index (κ2) is 5.00. The minimum Gasteiger partial charge on any atom is -0.347 e. The fraction of sp³-hybridized carbons (Fsp3) is 0.375. The van der Waals surface area contributed by atoms with E-state index < -0.39 is 0 Å². The van der Waals surface area contributed by atoms with Crippen molar-refractivity contribution in [2.75, 3.05) is 6.54 Å². The van der Waals surface area contributed by atoms with Crippen LogP contribution in [0.1, 0.15) is 12.7 Å². The summed E-state index contributed by atoms with van der Waals surface area (Å²) >= 11 is 0. The molecule has 3 N–H and O–H groups in total. The third-order valence-electron chi connectivity index (χ3n) is 1.51. The molecule has 0 unspecified atom stereocenters. The number of nitrogens with zero attached hydrogens (tertiary/aromatic N) is 1. The summed E-state index contributed by atoms with van der Waals surface area (Å²) in [6, 6.07) is 0. The summed E-state index contributed by atoms with van der Waals surface area (Å²) in [4.78, 5) is 28.3. The zero-order valence-corrected chi connectivity index (χ0v) is 7.83. The van der Waals surface area contributed by atoms with Gasteiger partial charge in [-0.2, -0.15) is 0 Å². The highest BCUT2D eigenvalue weighted by Gasteiger charge is 2.02. The molecule has 1 aromatic rings. The lowest BCUT2D eigenvalue weighted by Crippen LogP contribution is -2.35. The standard InChI is InChI=1S/C8H12N4O2/c1-6(13)11-5-8(14)12-4-7-9-2-3-10-7/h2-3H,4-5H2,1H3,(H,9,10)(H,11,13)(H,12,14). The van der Waals surface area contributed by atoms with Crippen LogP contribution < -0.4 is 10.6 Å². The molecule has 6 nitrogen and oxygen atoms in total. The Morgan fingerprint density at radius 1 is 1.50 bits per heavy atom. The van der Waals surface area contributed by atoms with E-state index in [0.29, 0.717) is 12.4 Å². The summed E-state index contributed by atoms with van der Waals surface area (Å²) in [5.41, 5.74) is 0. The molecule has 0 aliphatic rings. The van der Waals surface area contributed by atoms with Gasteiger partial charge in [0.1, 0.15) is 5.82 Å². The summed E-state index contributed by atoms with van der Waals surface area (Å²) in [6.07, 6.45) is 3.28. The van der Waals surface area contributed by atoms with Crippen molar-refractivity contribution in [2.45, 2.75) is 13.5 Å². The molecular weight excluding hydrogens is 184 g/mol. The molecule has 2 amide bonds. The van der Waals surface area contributed by atoms with Gasteiger partial charge in [-0.25, -0.2) is 4.98 Å². The summed E-state index contributed by atoms with van der Waals surface area (Å²) < 4.78 is 0. The minimum absolute atomic E-state index is 0.00393. The van der Waals surface area contributed by atoms with Crippen LogP contribution in [0.4, 0.5) is 0 Å². The maximum absolute atomic E-state index is 11.1. The van der Waals surface area contributed by atoms with E-state index in [1.165, 1.54) is 6.92 Å². The van der Waals surface area contributed by atoms with Gasteiger partial charge in [0, 0.05) is 19.3 Å². The summed E-state index contributed by atoms with van der Waals surface area (Å²) in [5.74, 6) is 0.218. The van der Waals surface area contributed by atoms with E-state index in [9.17, 15) is 9.59 Å². The number of aromatic nitrogens is 2. The lowest BCUT2D eigenvalue weighted by atomic mass is 10.5. The van der Waals surface area contributed by atoms with Crippen LogP contribution in [0.2, 0.25) is 0 Å². The van der Waals surface area contributed by atoms with Crippen molar-refractivity contribution < 1.29 is 9.59 Å². The highest BCUT2D eigenvalue weighted by Crippen LogP contribution is 1.85. The summed E-state index contributed by atoms with van der Waals surface area (Å²) in [6.45, 7) is 1.70. The van der Waals surface area contributed by atoms with Crippen molar-refractivity contribution in [2.24, 2.45) is 0 Å². The van der Waals surface area contributed by atoms with Crippen LogP contribution in [0.5, 0.6) is 0 Å². The van der Waals surface area contributed by atoms with E-state index >= 15 is 0 Å². The smallest absolute Gasteiger partial charge is 0.239 e.